The van der Waals surface area contributed by atoms with Crippen molar-refractivity contribution in [1.82, 2.24) is 4.98 Å². The third-order valence-electron chi connectivity index (χ3n) is 3.01. The molecule has 0 radical (unpaired) electrons. The first-order valence-corrected chi connectivity index (χ1v) is 8.16. The molecule has 0 saturated heterocycles. The first-order chi connectivity index (χ1) is 10.6. The van der Waals surface area contributed by atoms with E-state index in [1.807, 2.05) is 36.6 Å². The summed E-state index contributed by atoms with van der Waals surface area (Å²) < 4.78 is 5.50. The lowest BCUT2D eigenvalue weighted by Gasteiger charge is -2.07. The van der Waals surface area contributed by atoms with Crippen LogP contribution in [-0.2, 0) is 17.6 Å². The molecule has 0 spiro atoms. The third kappa shape index (κ3) is 5.13. The first kappa shape index (κ1) is 16.5. The maximum absolute atomic E-state index is 11.9. The van der Waals surface area contributed by atoms with E-state index in [1.54, 1.807) is 0 Å². The minimum Gasteiger partial charge on any atom is -0.484 e. The highest BCUT2D eigenvalue weighted by Crippen LogP contribution is 2.17. The molecule has 1 amide bonds. The molecule has 5 nitrogen and oxygen atoms in total. The molecule has 1 aromatic heterocycles. The molecule has 1 heterocycles. The van der Waals surface area contributed by atoms with Crippen LogP contribution in [0.25, 0.3) is 0 Å². The minimum absolute atomic E-state index is 0.0324. The number of carbonyl (C=O) groups is 1. The first-order valence-electron chi connectivity index (χ1n) is 7.28. The van der Waals surface area contributed by atoms with Crippen LogP contribution in [0.2, 0.25) is 0 Å². The maximum atomic E-state index is 11.9. The number of nitrogens with zero attached hydrogens (tertiary/aromatic N) is 1. The predicted octanol–water partition coefficient (Wildman–Crippen LogP) is 2.61. The second kappa shape index (κ2) is 7.91. The zero-order chi connectivity index (χ0) is 15.9. The predicted molar refractivity (Wildman–Crippen MR) is 89.4 cm³/mol. The van der Waals surface area contributed by atoms with Gasteiger partial charge in [-0.25, -0.2) is 4.98 Å². The molecule has 6 heteroatoms. The Labute approximate surface area is 134 Å². The van der Waals surface area contributed by atoms with Crippen LogP contribution < -0.4 is 15.8 Å². The van der Waals surface area contributed by atoms with Crippen molar-refractivity contribution in [2.45, 2.75) is 32.7 Å². The molecule has 0 saturated carbocycles. The lowest BCUT2D eigenvalue weighted by atomic mass is 10.2. The van der Waals surface area contributed by atoms with Gasteiger partial charge in [-0.3, -0.25) is 10.1 Å². The Morgan fingerprint density at radius 3 is 3.05 bits per heavy atom. The van der Waals surface area contributed by atoms with Gasteiger partial charge in [0.05, 0.1) is 5.69 Å². The molecule has 2 rings (SSSR count). The van der Waals surface area contributed by atoms with E-state index < -0.39 is 0 Å². The molecular formula is C16H21N3O2S. The van der Waals surface area contributed by atoms with Crippen LogP contribution in [0.15, 0.2) is 29.6 Å². The average molecular weight is 319 g/mol. The van der Waals surface area contributed by atoms with Crippen molar-refractivity contribution in [3.63, 3.8) is 0 Å². The summed E-state index contributed by atoms with van der Waals surface area (Å²) in [7, 11) is 0. The summed E-state index contributed by atoms with van der Waals surface area (Å²) >= 11 is 1.39. The number of aryl methyl sites for hydroxylation is 1. The molecule has 3 N–H and O–H groups in total. The SMILES string of the molecule is CCc1cccc(OCC(=O)Nc2nc(CC(C)N)cs2)c1. The van der Waals surface area contributed by atoms with Gasteiger partial charge in [0.25, 0.3) is 5.91 Å². The zero-order valence-electron chi connectivity index (χ0n) is 12.8. The summed E-state index contributed by atoms with van der Waals surface area (Å²) in [4.78, 5) is 16.2. The molecule has 22 heavy (non-hydrogen) atoms. The summed E-state index contributed by atoms with van der Waals surface area (Å²) in [5.74, 6) is 0.481. The van der Waals surface area contributed by atoms with Crippen LogP contribution >= 0.6 is 11.3 Å². The Kier molecular flexibility index (Phi) is 5.91. The van der Waals surface area contributed by atoms with Gasteiger partial charge in [0.2, 0.25) is 0 Å². The van der Waals surface area contributed by atoms with Gasteiger partial charge in [0.1, 0.15) is 5.75 Å². The Balaban J connectivity index is 1.83. The standard InChI is InChI=1S/C16H21N3O2S/c1-3-12-5-4-6-14(8-12)21-9-15(20)19-16-18-13(10-22-16)7-11(2)17/h4-6,8,10-11H,3,7,9,17H2,1-2H3,(H,18,19,20). The Morgan fingerprint density at radius 2 is 2.32 bits per heavy atom. The van der Waals surface area contributed by atoms with Crippen molar-refractivity contribution in [3.05, 3.63) is 40.9 Å². The third-order valence-corrected chi connectivity index (χ3v) is 3.81. The number of ether oxygens (including phenoxy) is 1. The molecule has 1 atom stereocenters. The van der Waals surface area contributed by atoms with E-state index in [4.69, 9.17) is 10.5 Å². The molecule has 1 unspecified atom stereocenters. The van der Waals surface area contributed by atoms with Gasteiger partial charge in [0.15, 0.2) is 11.7 Å². The van der Waals surface area contributed by atoms with Crippen molar-refractivity contribution < 1.29 is 9.53 Å². The van der Waals surface area contributed by atoms with Crippen LogP contribution in [0, 0.1) is 0 Å². The Morgan fingerprint density at radius 1 is 1.50 bits per heavy atom. The van der Waals surface area contributed by atoms with E-state index in [0.717, 1.165) is 12.1 Å². The van der Waals surface area contributed by atoms with E-state index >= 15 is 0 Å². The summed E-state index contributed by atoms with van der Waals surface area (Å²) in [5, 5.41) is 5.22. The van der Waals surface area contributed by atoms with Crippen LogP contribution in [0.5, 0.6) is 5.75 Å². The van der Waals surface area contributed by atoms with Crippen molar-refractivity contribution in [3.8, 4) is 5.75 Å². The second-order valence-electron chi connectivity index (χ2n) is 5.16. The average Bonchev–Trinajstić information content (AvgIpc) is 2.91. The van der Waals surface area contributed by atoms with Crippen LogP contribution in [0.3, 0.4) is 0 Å². The number of benzene rings is 1. The summed E-state index contributed by atoms with van der Waals surface area (Å²) in [6.07, 6.45) is 1.64. The molecule has 1 aromatic carbocycles. The van der Waals surface area contributed by atoms with Gasteiger partial charge >= 0.3 is 0 Å². The van der Waals surface area contributed by atoms with E-state index in [-0.39, 0.29) is 18.6 Å². The topological polar surface area (TPSA) is 77.2 Å². The van der Waals surface area contributed by atoms with Crippen molar-refractivity contribution in [2.75, 3.05) is 11.9 Å². The number of aromatic nitrogens is 1. The summed E-state index contributed by atoms with van der Waals surface area (Å²) in [6.45, 7) is 3.97. The molecule has 0 aliphatic carbocycles. The number of nitrogens with two attached hydrogens (primary N) is 1. The number of amides is 1. The normalized spacial score (nSPS) is 12.0. The Bertz CT molecular complexity index is 625. The largest absolute Gasteiger partial charge is 0.484 e. The number of hydrogen-bond donors (Lipinski definition) is 2. The number of thiazole rings is 1. The van der Waals surface area contributed by atoms with Crippen LogP contribution in [-0.4, -0.2) is 23.5 Å². The lowest BCUT2D eigenvalue weighted by Crippen LogP contribution is -2.20. The molecule has 0 aliphatic heterocycles. The molecule has 0 fully saturated rings. The van der Waals surface area contributed by atoms with Gasteiger partial charge in [0, 0.05) is 17.8 Å². The van der Waals surface area contributed by atoms with Gasteiger partial charge in [-0.05, 0) is 31.0 Å². The molecule has 0 aliphatic rings. The number of anilines is 1. The maximum Gasteiger partial charge on any atom is 0.264 e. The van der Waals surface area contributed by atoms with Crippen molar-refractivity contribution >= 4 is 22.4 Å². The molecular weight excluding hydrogens is 298 g/mol. The smallest absolute Gasteiger partial charge is 0.264 e. The van der Waals surface area contributed by atoms with Gasteiger partial charge in [-0.15, -0.1) is 11.3 Å². The number of hydrogen-bond acceptors (Lipinski definition) is 5. The summed E-state index contributed by atoms with van der Waals surface area (Å²) in [5.41, 5.74) is 7.80. The van der Waals surface area contributed by atoms with Crippen LogP contribution in [0.4, 0.5) is 5.13 Å². The zero-order valence-corrected chi connectivity index (χ0v) is 13.7. The number of carbonyl (C=O) groups excluding carboxylic acids is 1. The highest BCUT2D eigenvalue weighted by Gasteiger charge is 2.08. The highest BCUT2D eigenvalue weighted by atomic mass is 32.1. The van der Waals surface area contributed by atoms with Gasteiger partial charge in [-0.2, -0.15) is 0 Å². The van der Waals surface area contributed by atoms with E-state index in [9.17, 15) is 4.79 Å². The second-order valence-corrected chi connectivity index (χ2v) is 6.02. The fourth-order valence-corrected chi connectivity index (χ4v) is 2.69. The molecule has 0 bridgehead atoms. The van der Waals surface area contributed by atoms with Crippen molar-refractivity contribution in [1.29, 1.82) is 0 Å². The quantitative estimate of drug-likeness (QED) is 0.822. The van der Waals surface area contributed by atoms with Gasteiger partial charge in [-0.1, -0.05) is 19.1 Å². The van der Waals surface area contributed by atoms with Crippen molar-refractivity contribution in [2.24, 2.45) is 5.73 Å². The van der Waals surface area contributed by atoms with Gasteiger partial charge < -0.3 is 10.5 Å². The fourth-order valence-electron chi connectivity index (χ4n) is 1.95. The van der Waals surface area contributed by atoms with E-state index in [2.05, 4.69) is 17.2 Å². The molecule has 118 valence electrons. The number of rotatable bonds is 7. The van der Waals surface area contributed by atoms with E-state index in [0.29, 0.717) is 17.3 Å². The van der Waals surface area contributed by atoms with Crippen LogP contribution in [0.1, 0.15) is 25.1 Å². The van der Waals surface area contributed by atoms with E-state index in [1.165, 1.54) is 16.9 Å². The highest BCUT2D eigenvalue weighted by molar-refractivity contribution is 7.13. The number of nitrogens with one attached hydrogen (secondary N) is 1. The fraction of sp³-hybridized carbons (Fsp3) is 0.375. The lowest BCUT2D eigenvalue weighted by molar-refractivity contribution is -0.118. The minimum atomic E-state index is -0.219. The summed E-state index contributed by atoms with van der Waals surface area (Å²) in [6, 6.07) is 7.80. The monoisotopic (exact) mass is 319 g/mol. The molecule has 2 aromatic rings. The Hall–Kier alpha value is -1.92.